The van der Waals surface area contributed by atoms with Gasteiger partial charge in [0.25, 0.3) is 0 Å². The van der Waals surface area contributed by atoms with Gasteiger partial charge in [0.15, 0.2) is 0 Å². The fraction of sp³-hybridized carbons (Fsp3) is 0.583. The molecule has 1 aromatic rings. The van der Waals surface area contributed by atoms with Crippen LogP contribution in [0.1, 0.15) is 19.8 Å². The zero-order valence-corrected chi connectivity index (χ0v) is 9.70. The number of nitrogens with zero attached hydrogens (tertiary/aromatic N) is 1. The van der Waals surface area contributed by atoms with Gasteiger partial charge in [0.2, 0.25) is 0 Å². The van der Waals surface area contributed by atoms with Gasteiger partial charge in [-0.2, -0.15) is 0 Å². The summed E-state index contributed by atoms with van der Waals surface area (Å²) in [6, 6.07) is 3.78. The number of rotatable bonds is 3. The average molecular weight is 221 g/mol. The predicted octanol–water partition coefficient (Wildman–Crippen LogP) is 1.89. The van der Waals surface area contributed by atoms with Crippen molar-refractivity contribution < 1.29 is 4.74 Å². The summed E-state index contributed by atoms with van der Waals surface area (Å²) in [7, 11) is 0. The molecule has 0 bridgehead atoms. The lowest BCUT2D eigenvalue weighted by atomic mass is 9.82. The van der Waals surface area contributed by atoms with E-state index in [9.17, 15) is 0 Å². The van der Waals surface area contributed by atoms with Gasteiger partial charge in [0, 0.05) is 19.8 Å². The van der Waals surface area contributed by atoms with E-state index in [1.54, 1.807) is 6.20 Å². The summed E-state index contributed by atoms with van der Waals surface area (Å²) in [4.78, 5) is 4.06. The maximum atomic E-state index is 5.54. The van der Waals surface area contributed by atoms with Crippen molar-refractivity contribution in [1.82, 2.24) is 4.98 Å². The second kappa shape index (κ2) is 4.70. The van der Waals surface area contributed by atoms with Crippen LogP contribution in [0.2, 0.25) is 0 Å². The standard InChI is InChI=1S/C12H19N3O/c1-12(4-6-16-7-5-12)9-15-10-2-3-11(13)14-8-10/h2-3,8,15H,4-7,9H2,1H3,(H2,13,14). The Morgan fingerprint density at radius 3 is 2.81 bits per heavy atom. The molecular weight excluding hydrogens is 202 g/mol. The van der Waals surface area contributed by atoms with Crippen molar-refractivity contribution in [3.05, 3.63) is 18.3 Å². The highest BCUT2D eigenvalue weighted by atomic mass is 16.5. The molecule has 0 aromatic carbocycles. The molecule has 0 amide bonds. The molecule has 0 radical (unpaired) electrons. The van der Waals surface area contributed by atoms with Gasteiger partial charge in [-0.25, -0.2) is 4.98 Å². The molecule has 16 heavy (non-hydrogen) atoms. The van der Waals surface area contributed by atoms with E-state index in [1.165, 1.54) is 0 Å². The van der Waals surface area contributed by atoms with Crippen molar-refractivity contribution in [2.24, 2.45) is 5.41 Å². The molecule has 1 aliphatic heterocycles. The predicted molar refractivity (Wildman–Crippen MR) is 65.3 cm³/mol. The van der Waals surface area contributed by atoms with E-state index in [-0.39, 0.29) is 0 Å². The first-order chi connectivity index (χ1) is 7.68. The number of nitrogens with one attached hydrogen (secondary N) is 1. The number of nitrogens with two attached hydrogens (primary N) is 1. The average Bonchev–Trinajstić information content (AvgIpc) is 2.29. The first kappa shape index (κ1) is 11.2. The molecule has 0 atom stereocenters. The van der Waals surface area contributed by atoms with Crippen LogP contribution in [0.5, 0.6) is 0 Å². The normalized spacial score (nSPS) is 19.3. The van der Waals surface area contributed by atoms with Gasteiger partial charge >= 0.3 is 0 Å². The van der Waals surface area contributed by atoms with Crippen LogP contribution >= 0.6 is 0 Å². The maximum absolute atomic E-state index is 5.54. The number of hydrogen-bond acceptors (Lipinski definition) is 4. The first-order valence-corrected chi connectivity index (χ1v) is 5.71. The second-order valence-electron chi connectivity index (χ2n) is 4.75. The zero-order valence-electron chi connectivity index (χ0n) is 9.70. The summed E-state index contributed by atoms with van der Waals surface area (Å²) in [6.45, 7) is 5.01. The number of pyridine rings is 1. The van der Waals surface area contributed by atoms with E-state index in [4.69, 9.17) is 10.5 Å². The maximum Gasteiger partial charge on any atom is 0.123 e. The Labute approximate surface area is 96.2 Å². The third-order valence-corrected chi connectivity index (χ3v) is 3.21. The molecule has 1 saturated heterocycles. The number of nitrogen functional groups attached to an aromatic ring is 1. The van der Waals surface area contributed by atoms with Gasteiger partial charge < -0.3 is 15.8 Å². The molecule has 0 aliphatic carbocycles. The highest BCUT2D eigenvalue weighted by molar-refractivity contribution is 5.45. The van der Waals surface area contributed by atoms with E-state index in [0.29, 0.717) is 11.2 Å². The molecule has 3 N–H and O–H groups in total. The van der Waals surface area contributed by atoms with Crippen LogP contribution in [-0.4, -0.2) is 24.7 Å². The summed E-state index contributed by atoms with van der Waals surface area (Å²) >= 11 is 0. The topological polar surface area (TPSA) is 60.2 Å². The molecule has 0 unspecified atom stereocenters. The van der Waals surface area contributed by atoms with E-state index in [2.05, 4.69) is 17.2 Å². The van der Waals surface area contributed by atoms with Crippen molar-refractivity contribution in [3.63, 3.8) is 0 Å². The highest BCUT2D eigenvalue weighted by Crippen LogP contribution is 2.29. The molecule has 2 rings (SSSR count). The molecule has 0 spiro atoms. The Morgan fingerprint density at radius 2 is 2.19 bits per heavy atom. The Bertz CT molecular complexity index is 331. The van der Waals surface area contributed by atoms with Gasteiger partial charge in [-0.15, -0.1) is 0 Å². The molecule has 1 aliphatic rings. The van der Waals surface area contributed by atoms with Crippen molar-refractivity contribution in [3.8, 4) is 0 Å². The van der Waals surface area contributed by atoms with Crippen molar-refractivity contribution in [1.29, 1.82) is 0 Å². The largest absolute Gasteiger partial charge is 0.384 e. The van der Waals surface area contributed by atoms with Crippen LogP contribution in [0.4, 0.5) is 11.5 Å². The lowest BCUT2D eigenvalue weighted by Gasteiger charge is -2.33. The molecular formula is C12H19N3O. The fourth-order valence-electron chi connectivity index (χ4n) is 1.87. The smallest absolute Gasteiger partial charge is 0.123 e. The molecule has 1 fully saturated rings. The number of ether oxygens (including phenoxy) is 1. The monoisotopic (exact) mass is 221 g/mol. The summed E-state index contributed by atoms with van der Waals surface area (Å²) < 4.78 is 5.38. The van der Waals surface area contributed by atoms with Crippen molar-refractivity contribution in [2.45, 2.75) is 19.8 Å². The van der Waals surface area contributed by atoms with Gasteiger partial charge in [0.1, 0.15) is 5.82 Å². The lowest BCUT2D eigenvalue weighted by Crippen LogP contribution is -2.33. The van der Waals surface area contributed by atoms with Crippen LogP contribution < -0.4 is 11.1 Å². The molecule has 4 nitrogen and oxygen atoms in total. The van der Waals surface area contributed by atoms with Crippen molar-refractivity contribution in [2.75, 3.05) is 30.8 Å². The second-order valence-corrected chi connectivity index (χ2v) is 4.75. The van der Waals surface area contributed by atoms with Crippen molar-refractivity contribution >= 4 is 11.5 Å². The van der Waals surface area contributed by atoms with Crippen LogP contribution in [0.25, 0.3) is 0 Å². The quantitative estimate of drug-likeness (QED) is 0.818. The molecule has 1 aromatic heterocycles. The number of hydrogen-bond donors (Lipinski definition) is 2. The van der Waals surface area contributed by atoms with Crippen LogP contribution in [0.15, 0.2) is 18.3 Å². The summed E-state index contributed by atoms with van der Waals surface area (Å²) in [5.74, 6) is 0.558. The summed E-state index contributed by atoms with van der Waals surface area (Å²) in [5.41, 5.74) is 6.90. The van der Waals surface area contributed by atoms with Gasteiger partial charge in [-0.1, -0.05) is 6.92 Å². The Morgan fingerprint density at radius 1 is 1.44 bits per heavy atom. The highest BCUT2D eigenvalue weighted by Gasteiger charge is 2.26. The van der Waals surface area contributed by atoms with Crippen LogP contribution in [0, 0.1) is 5.41 Å². The van der Waals surface area contributed by atoms with Gasteiger partial charge in [-0.05, 0) is 30.4 Å². The van der Waals surface area contributed by atoms with E-state index >= 15 is 0 Å². The first-order valence-electron chi connectivity index (χ1n) is 5.71. The zero-order chi connectivity index (χ0) is 11.4. The minimum atomic E-state index is 0.333. The number of aromatic nitrogens is 1. The molecule has 0 saturated carbocycles. The minimum absolute atomic E-state index is 0.333. The van der Waals surface area contributed by atoms with E-state index in [0.717, 1.165) is 38.3 Å². The van der Waals surface area contributed by atoms with Gasteiger partial charge in [-0.3, -0.25) is 0 Å². The van der Waals surface area contributed by atoms with Crippen LogP contribution in [-0.2, 0) is 4.74 Å². The van der Waals surface area contributed by atoms with Gasteiger partial charge in [0.05, 0.1) is 11.9 Å². The Balaban J connectivity index is 1.88. The Kier molecular flexibility index (Phi) is 3.29. The molecule has 4 heteroatoms. The summed E-state index contributed by atoms with van der Waals surface area (Å²) in [5, 5.41) is 3.41. The third kappa shape index (κ3) is 2.85. The Hall–Kier alpha value is -1.29. The lowest BCUT2D eigenvalue weighted by molar-refractivity contribution is 0.0300. The minimum Gasteiger partial charge on any atom is -0.384 e. The van der Waals surface area contributed by atoms with Crippen LogP contribution in [0.3, 0.4) is 0 Å². The molecule has 2 heterocycles. The molecule has 88 valence electrons. The van der Waals surface area contributed by atoms with E-state index < -0.39 is 0 Å². The number of anilines is 2. The summed E-state index contributed by atoms with van der Waals surface area (Å²) in [6.07, 6.45) is 4.00. The fourth-order valence-corrected chi connectivity index (χ4v) is 1.87. The van der Waals surface area contributed by atoms with E-state index in [1.807, 2.05) is 12.1 Å². The third-order valence-electron chi connectivity index (χ3n) is 3.21. The SMILES string of the molecule is CC1(CNc2ccc(N)nc2)CCOCC1.